The minimum absolute atomic E-state index is 0.0651. The second-order valence-corrected chi connectivity index (χ2v) is 9.05. The molecule has 206 valence electrons. The Morgan fingerprint density at radius 1 is 0.865 bits per heavy atom. The van der Waals surface area contributed by atoms with E-state index in [1.54, 1.807) is 21.0 Å². The molecule has 0 fully saturated rings. The molecule has 0 spiro atoms. The average molecular weight is 518 g/mol. The van der Waals surface area contributed by atoms with Gasteiger partial charge in [-0.3, -0.25) is 9.59 Å². The first kappa shape index (κ1) is 31.6. The number of hydrogen-bond acceptors (Lipinski definition) is 7. The number of hydrogen-bond donors (Lipinski definition) is 2. The quantitative estimate of drug-likeness (QED) is 0.141. The second-order valence-electron chi connectivity index (χ2n) is 9.05. The maximum Gasteiger partial charge on any atom is 0.304 e. The molecule has 1 atom stereocenters. The molecule has 1 amide bonds. The fourth-order valence-electron chi connectivity index (χ4n) is 3.92. The molecule has 0 saturated heterocycles. The van der Waals surface area contributed by atoms with Gasteiger partial charge in [-0.15, -0.1) is 0 Å². The lowest BCUT2D eigenvalue weighted by molar-refractivity contribution is -0.148. The predicted octanol–water partition coefficient (Wildman–Crippen LogP) is 5.69. The van der Waals surface area contributed by atoms with Crippen LogP contribution >= 0.6 is 0 Å². The second kappa shape index (κ2) is 15.6. The summed E-state index contributed by atoms with van der Waals surface area (Å²) in [7, 11) is 4.57. The van der Waals surface area contributed by atoms with Crippen LogP contribution in [-0.2, 0) is 20.7 Å². The molecule has 1 aromatic rings. The number of amides is 1. The highest BCUT2D eigenvalue weighted by molar-refractivity contribution is 5.92. The zero-order valence-corrected chi connectivity index (χ0v) is 23.7. The van der Waals surface area contributed by atoms with E-state index in [2.05, 4.69) is 31.3 Å². The summed E-state index contributed by atoms with van der Waals surface area (Å²) in [5.41, 5.74) is 4.62. The van der Waals surface area contributed by atoms with Gasteiger partial charge in [0.05, 0.1) is 21.3 Å². The predicted molar refractivity (Wildman–Crippen MR) is 145 cm³/mol. The van der Waals surface area contributed by atoms with E-state index in [1.165, 1.54) is 32.3 Å². The van der Waals surface area contributed by atoms with Crippen LogP contribution in [0.1, 0.15) is 71.4 Å². The number of esters is 1. The molecule has 1 aromatic carbocycles. The minimum atomic E-state index is -0.659. The molecule has 0 bridgehead atoms. The van der Waals surface area contributed by atoms with Gasteiger partial charge in [-0.1, -0.05) is 29.4 Å². The average Bonchev–Trinajstić information content (AvgIpc) is 2.82. The van der Waals surface area contributed by atoms with Gasteiger partial charge in [-0.2, -0.15) is 0 Å². The number of nitrogens with one attached hydrogen (secondary N) is 1. The zero-order chi connectivity index (χ0) is 28.1. The number of phenolic OH excluding ortho intramolecular Hbond substituents is 1. The Balaban J connectivity index is 2.67. The van der Waals surface area contributed by atoms with Gasteiger partial charge < -0.3 is 29.4 Å². The van der Waals surface area contributed by atoms with Crippen molar-refractivity contribution >= 4 is 11.9 Å². The summed E-state index contributed by atoms with van der Waals surface area (Å²) in [6, 6.07) is 0. The molecule has 37 heavy (non-hydrogen) atoms. The van der Waals surface area contributed by atoms with Crippen molar-refractivity contribution < 1.29 is 33.6 Å². The molecule has 8 nitrogen and oxygen atoms in total. The number of allylic oxidation sites excluding steroid dienone is 5. The highest BCUT2D eigenvalue weighted by Crippen LogP contribution is 2.49. The lowest BCUT2D eigenvalue weighted by Crippen LogP contribution is -2.36. The van der Waals surface area contributed by atoms with Crippen molar-refractivity contribution in [1.29, 1.82) is 0 Å². The first-order valence-corrected chi connectivity index (χ1v) is 12.4. The van der Waals surface area contributed by atoms with E-state index in [4.69, 9.17) is 18.9 Å². The fraction of sp³-hybridized carbons (Fsp3) is 0.517. The van der Waals surface area contributed by atoms with Crippen molar-refractivity contribution in [2.75, 3.05) is 21.3 Å². The van der Waals surface area contributed by atoms with Gasteiger partial charge in [0.25, 0.3) is 0 Å². The molecule has 0 heterocycles. The smallest absolute Gasteiger partial charge is 0.304 e. The lowest BCUT2D eigenvalue weighted by atomic mass is 9.99. The number of phenols is 1. The van der Waals surface area contributed by atoms with Crippen LogP contribution in [0.4, 0.5) is 0 Å². The number of benzene rings is 1. The van der Waals surface area contributed by atoms with E-state index in [-0.39, 0.29) is 17.4 Å². The number of ether oxygens (including phenoxy) is 4. The topological polar surface area (TPSA) is 103 Å². The number of aromatic hydroxyl groups is 1. The third kappa shape index (κ3) is 9.86. The SMILES string of the molecule is COc1c(C)c(C/C=C(\C)CC/C=C(\C)CC/C=C(\C)C(=O)NC(C)OC(C)=O)c(O)c(OC)c1OC. The Kier molecular flexibility index (Phi) is 13.4. The summed E-state index contributed by atoms with van der Waals surface area (Å²) in [5.74, 6) is 0.588. The molecule has 0 aliphatic heterocycles. The molecule has 0 aliphatic carbocycles. The van der Waals surface area contributed by atoms with E-state index in [0.717, 1.165) is 36.8 Å². The summed E-state index contributed by atoms with van der Waals surface area (Å²) in [6.45, 7) is 10.7. The molecular weight excluding hydrogens is 474 g/mol. The van der Waals surface area contributed by atoms with Crippen molar-refractivity contribution in [2.24, 2.45) is 0 Å². The molecule has 8 heteroatoms. The Labute approximate surface area is 221 Å². The Morgan fingerprint density at radius 3 is 1.95 bits per heavy atom. The summed E-state index contributed by atoms with van der Waals surface area (Å²) >= 11 is 0. The number of methoxy groups -OCH3 is 3. The highest BCUT2D eigenvalue weighted by Gasteiger charge is 2.23. The van der Waals surface area contributed by atoms with Crippen molar-refractivity contribution in [3.05, 3.63) is 46.1 Å². The van der Waals surface area contributed by atoms with E-state index in [1.807, 2.05) is 13.0 Å². The summed E-state index contributed by atoms with van der Waals surface area (Å²) < 4.78 is 21.2. The van der Waals surface area contributed by atoms with E-state index in [9.17, 15) is 14.7 Å². The largest absolute Gasteiger partial charge is 0.504 e. The van der Waals surface area contributed by atoms with Gasteiger partial charge in [0.1, 0.15) is 0 Å². The normalized spacial score (nSPS) is 13.2. The Morgan fingerprint density at radius 2 is 1.41 bits per heavy atom. The van der Waals surface area contributed by atoms with Gasteiger partial charge in [-0.25, -0.2) is 0 Å². The molecular formula is C29H43NO7. The lowest BCUT2D eigenvalue weighted by Gasteiger charge is -2.19. The molecule has 0 aromatic heterocycles. The Hall–Kier alpha value is -3.42. The molecule has 0 aliphatic rings. The Bertz CT molecular complexity index is 1010. The van der Waals surface area contributed by atoms with Crippen molar-refractivity contribution in [2.45, 2.75) is 79.9 Å². The standard InChI is InChI=1S/C29H43NO7/c1-18(14-11-15-20(3)29(33)30-22(5)37-23(6)31)12-10-13-19(2)16-17-24-21(4)26(34-7)28(36-9)27(35-8)25(24)32/h12,15-16,22,32H,10-11,13-14,17H2,1-9H3,(H,30,33)/b18-12+,19-16+,20-15+. The molecule has 1 unspecified atom stereocenters. The monoisotopic (exact) mass is 517 g/mol. The van der Waals surface area contributed by atoms with Crippen LogP contribution in [0, 0.1) is 6.92 Å². The van der Waals surface area contributed by atoms with Gasteiger partial charge in [0.15, 0.2) is 17.7 Å². The van der Waals surface area contributed by atoms with Crippen LogP contribution in [-0.4, -0.2) is 44.5 Å². The number of rotatable bonds is 14. The van der Waals surface area contributed by atoms with Crippen molar-refractivity contribution in [3.63, 3.8) is 0 Å². The van der Waals surface area contributed by atoms with Crippen LogP contribution in [0.15, 0.2) is 34.9 Å². The van der Waals surface area contributed by atoms with Crippen LogP contribution in [0.3, 0.4) is 0 Å². The van der Waals surface area contributed by atoms with Crippen LogP contribution < -0.4 is 19.5 Å². The summed E-state index contributed by atoms with van der Waals surface area (Å²) in [5, 5.41) is 13.4. The highest BCUT2D eigenvalue weighted by atomic mass is 16.6. The summed E-state index contributed by atoms with van der Waals surface area (Å²) in [4.78, 5) is 23.1. The number of carbonyl (C=O) groups is 2. The summed E-state index contributed by atoms with van der Waals surface area (Å²) in [6.07, 6.45) is 9.50. The van der Waals surface area contributed by atoms with E-state index >= 15 is 0 Å². The molecule has 1 rings (SSSR count). The third-order valence-corrected chi connectivity index (χ3v) is 6.03. The van der Waals surface area contributed by atoms with Crippen LogP contribution in [0.25, 0.3) is 0 Å². The van der Waals surface area contributed by atoms with Gasteiger partial charge in [-0.05, 0) is 66.7 Å². The molecule has 0 saturated carbocycles. The van der Waals surface area contributed by atoms with E-state index in [0.29, 0.717) is 23.5 Å². The van der Waals surface area contributed by atoms with Crippen molar-refractivity contribution in [3.8, 4) is 23.0 Å². The third-order valence-electron chi connectivity index (χ3n) is 6.03. The van der Waals surface area contributed by atoms with Gasteiger partial charge in [0.2, 0.25) is 17.4 Å². The van der Waals surface area contributed by atoms with Gasteiger partial charge in [0, 0.05) is 23.6 Å². The first-order chi connectivity index (χ1) is 17.5. The van der Waals surface area contributed by atoms with Crippen LogP contribution in [0.2, 0.25) is 0 Å². The van der Waals surface area contributed by atoms with Crippen LogP contribution in [0.5, 0.6) is 23.0 Å². The maximum absolute atomic E-state index is 12.1. The zero-order valence-electron chi connectivity index (χ0n) is 23.7. The first-order valence-electron chi connectivity index (χ1n) is 12.4. The minimum Gasteiger partial charge on any atom is -0.504 e. The molecule has 2 N–H and O–H groups in total. The molecule has 0 radical (unpaired) electrons. The van der Waals surface area contributed by atoms with Crippen molar-refractivity contribution in [1.82, 2.24) is 5.32 Å². The maximum atomic E-state index is 12.1. The number of carbonyl (C=O) groups excluding carboxylic acids is 2. The van der Waals surface area contributed by atoms with E-state index < -0.39 is 12.2 Å². The fourth-order valence-corrected chi connectivity index (χ4v) is 3.92. The van der Waals surface area contributed by atoms with Gasteiger partial charge >= 0.3 is 5.97 Å².